The van der Waals surface area contributed by atoms with E-state index < -0.39 is 29.9 Å². The van der Waals surface area contributed by atoms with Gasteiger partial charge in [0, 0.05) is 53.5 Å². The summed E-state index contributed by atoms with van der Waals surface area (Å²) in [7, 11) is 0. The number of carbonyl (C=O) groups is 2. The molecule has 0 aliphatic heterocycles. The molecule has 0 fully saturated rings. The van der Waals surface area contributed by atoms with Crippen LogP contribution in [0.1, 0.15) is 27.9 Å². The van der Waals surface area contributed by atoms with Crippen molar-refractivity contribution < 1.29 is 23.1 Å². The van der Waals surface area contributed by atoms with E-state index in [4.69, 9.17) is 16.3 Å². The van der Waals surface area contributed by atoms with Crippen molar-refractivity contribution >= 4 is 34.7 Å². The fraction of sp³-hybridized carbons (Fsp3) is 0.179. The van der Waals surface area contributed by atoms with Crippen LogP contribution in [0.5, 0.6) is 5.75 Å². The lowest BCUT2D eigenvalue weighted by molar-refractivity contribution is -0.118. The number of benzene rings is 3. The number of hydrogen-bond acceptors (Lipinski definition) is 5. The first-order valence-electron chi connectivity index (χ1n) is 11.8. The van der Waals surface area contributed by atoms with E-state index in [1.807, 2.05) is 29.8 Å². The summed E-state index contributed by atoms with van der Waals surface area (Å²) in [4.78, 5) is 29.5. The highest BCUT2D eigenvalue weighted by Gasteiger charge is 2.18. The summed E-state index contributed by atoms with van der Waals surface area (Å²) in [5, 5.41) is 6.37. The van der Waals surface area contributed by atoms with Gasteiger partial charge in [-0.25, -0.2) is 13.8 Å². The number of carbonyl (C=O) groups excluding carboxylic acids is 2. The number of nitrogens with zero attached hydrogens (tertiary/aromatic N) is 2. The molecule has 0 unspecified atom stereocenters. The Bertz CT molecular complexity index is 1420. The average Bonchev–Trinajstić information content (AvgIpc) is 3.40. The van der Waals surface area contributed by atoms with Gasteiger partial charge < -0.3 is 19.9 Å². The number of ether oxygens (including phenoxy) is 1. The number of rotatable bonds is 11. The zero-order valence-electron chi connectivity index (χ0n) is 20.5. The minimum Gasteiger partial charge on any atom is -0.483 e. The molecule has 7 nitrogen and oxygen atoms in total. The smallest absolute Gasteiger partial charge is 0.262 e. The van der Waals surface area contributed by atoms with E-state index in [1.165, 1.54) is 18.2 Å². The maximum Gasteiger partial charge on any atom is 0.262 e. The molecule has 0 aliphatic rings. The molecule has 0 aliphatic carbocycles. The lowest BCUT2D eigenvalue weighted by Gasteiger charge is -2.14. The molecular weight excluding hydrogens is 514 g/mol. The van der Waals surface area contributed by atoms with Crippen LogP contribution in [0.2, 0.25) is 5.02 Å². The summed E-state index contributed by atoms with van der Waals surface area (Å²) in [5.41, 5.74) is 2.18. The summed E-state index contributed by atoms with van der Waals surface area (Å²) >= 11 is 6.03. The fourth-order valence-electron chi connectivity index (χ4n) is 3.80. The van der Waals surface area contributed by atoms with Gasteiger partial charge in [0.25, 0.3) is 5.91 Å². The van der Waals surface area contributed by atoms with Crippen LogP contribution in [-0.4, -0.2) is 34.4 Å². The number of anilines is 2. The van der Waals surface area contributed by atoms with Crippen LogP contribution in [0.15, 0.2) is 73.3 Å². The number of halogens is 3. The molecule has 10 heteroatoms. The van der Waals surface area contributed by atoms with Gasteiger partial charge in [0.1, 0.15) is 17.4 Å². The molecule has 0 spiro atoms. The molecule has 0 atom stereocenters. The molecule has 0 saturated carbocycles. The van der Waals surface area contributed by atoms with E-state index in [-0.39, 0.29) is 21.9 Å². The summed E-state index contributed by atoms with van der Waals surface area (Å²) in [6, 6.07) is 12.3. The fourth-order valence-corrected chi connectivity index (χ4v) is 3.97. The molecular formula is C28H25ClF2N4O3. The van der Waals surface area contributed by atoms with E-state index >= 15 is 0 Å². The van der Waals surface area contributed by atoms with Crippen molar-refractivity contribution in [2.24, 2.45) is 0 Å². The first-order chi connectivity index (χ1) is 18.3. The summed E-state index contributed by atoms with van der Waals surface area (Å²) < 4.78 is 34.8. The van der Waals surface area contributed by atoms with Gasteiger partial charge in [0.15, 0.2) is 12.4 Å². The topological polar surface area (TPSA) is 85.2 Å². The molecule has 4 rings (SSSR count). The third kappa shape index (κ3) is 7.17. The average molecular weight is 539 g/mol. The zero-order valence-corrected chi connectivity index (χ0v) is 21.3. The van der Waals surface area contributed by atoms with Crippen molar-refractivity contribution in [1.82, 2.24) is 9.55 Å². The van der Waals surface area contributed by atoms with E-state index in [2.05, 4.69) is 15.6 Å². The van der Waals surface area contributed by atoms with Crippen molar-refractivity contribution in [3.8, 4) is 5.75 Å². The van der Waals surface area contributed by atoms with Crippen LogP contribution in [-0.2, 0) is 11.3 Å². The van der Waals surface area contributed by atoms with Crippen LogP contribution >= 0.6 is 11.6 Å². The minimum absolute atomic E-state index is 0.0186. The number of aryl methyl sites for hydroxylation is 2. The largest absolute Gasteiger partial charge is 0.483 e. The number of aromatic nitrogens is 2. The Balaban J connectivity index is 1.34. The zero-order chi connectivity index (χ0) is 27.1. The van der Waals surface area contributed by atoms with Gasteiger partial charge >= 0.3 is 0 Å². The molecule has 0 radical (unpaired) electrons. The number of nitrogens with one attached hydrogen (secondary N) is 2. The molecule has 4 aromatic rings. The highest BCUT2D eigenvalue weighted by atomic mass is 35.5. The second-order valence-electron chi connectivity index (χ2n) is 8.58. The Hall–Kier alpha value is -4.24. The Morgan fingerprint density at radius 1 is 1.05 bits per heavy atom. The molecule has 196 valence electrons. The Morgan fingerprint density at radius 2 is 1.84 bits per heavy atom. The van der Waals surface area contributed by atoms with E-state index in [9.17, 15) is 18.4 Å². The maximum atomic E-state index is 13.6. The van der Waals surface area contributed by atoms with Crippen LogP contribution in [0.4, 0.5) is 20.2 Å². The quantitative estimate of drug-likeness (QED) is 0.184. The van der Waals surface area contributed by atoms with Crippen molar-refractivity contribution in [2.75, 3.05) is 23.8 Å². The molecule has 2 N–H and O–H groups in total. The second-order valence-corrected chi connectivity index (χ2v) is 9.01. The van der Waals surface area contributed by atoms with Crippen LogP contribution in [0, 0.1) is 18.6 Å². The van der Waals surface area contributed by atoms with Gasteiger partial charge in [-0.3, -0.25) is 9.59 Å². The first-order valence-corrected chi connectivity index (χ1v) is 12.2. The number of ketones is 1. The normalized spacial score (nSPS) is 10.7. The van der Waals surface area contributed by atoms with Crippen LogP contribution in [0.25, 0.3) is 0 Å². The minimum atomic E-state index is -0.886. The maximum absolute atomic E-state index is 13.6. The lowest BCUT2D eigenvalue weighted by atomic mass is 10.0. The van der Waals surface area contributed by atoms with Crippen molar-refractivity contribution in [3.63, 3.8) is 0 Å². The lowest BCUT2D eigenvalue weighted by Crippen LogP contribution is -2.21. The van der Waals surface area contributed by atoms with E-state index in [0.717, 1.165) is 42.9 Å². The van der Waals surface area contributed by atoms with Crippen molar-refractivity contribution in [2.45, 2.75) is 19.9 Å². The Labute approximate surface area is 223 Å². The van der Waals surface area contributed by atoms with Gasteiger partial charge in [0.05, 0.1) is 11.9 Å². The van der Waals surface area contributed by atoms with Gasteiger partial charge in [0.2, 0.25) is 0 Å². The summed E-state index contributed by atoms with van der Waals surface area (Å²) in [6.45, 7) is 3.12. The number of hydrogen-bond donors (Lipinski definition) is 2. The van der Waals surface area contributed by atoms with Crippen molar-refractivity contribution in [1.29, 1.82) is 0 Å². The predicted octanol–water partition coefficient (Wildman–Crippen LogP) is 5.87. The molecule has 3 aromatic carbocycles. The molecule has 0 bridgehead atoms. The van der Waals surface area contributed by atoms with Gasteiger partial charge in [-0.05, 0) is 67.4 Å². The number of amides is 1. The molecule has 38 heavy (non-hydrogen) atoms. The number of imidazole rings is 1. The summed E-state index contributed by atoms with van der Waals surface area (Å²) in [6.07, 6.45) is 6.37. The van der Waals surface area contributed by atoms with E-state index in [0.29, 0.717) is 11.8 Å². The monoisotopic (exact) mass is 538 g/mol. The second kappa shape index (κ2) is 12.3. The highest BCUT2D eigenvalue weighted by molar-refractivity contribution is 6.31. The first kappa shape index (κ1) is 26.8. The van der Waals surface area contributed by atoms with Crippen molar-refractivity contribution in [3.05, 3.63) is 107 Å². The van der Waals surface area contributed by atoms with Gasteiger partial charge in [-0.2, -0.15) is 0 Å². The molecule has 0 saturated heterocycles. The van der Waals surface area contributed by atoms with Gasteiger partial charge in [-0.15, -0.1) is 0 Å². The molecule has 1 heterocycles. The highest BCUT2D eigenvalue weighted by Crippen LogP contribution is 2.27. The van der Waals surface area contributed by atoms with E-state index in [1.54, 1.807) is 18.6 Å². The van der Waals surface area contributed by atoms with Crippen LogP contribution in [0.3, 0.4) is 0 Å². The predicted molar refractivity (Wildman–Crippen MR) is 142 cm³/mol. The van der Waals surface area contributed by atoms with Gasteiger partial charge in [-0.1, -0.05) is 11.6 Å². The molecule has 1 amide bonds. The third-order valence-electron chi connectivity index (χ3n) is 5.65. The summed E-state index contributed by atoms with van der Waals surface area (Å²) in [5.74, 6) is -2.85. The third-order valence-corrected chi connectivity index (χ3v) is 5.89. The standard InChI is InChI=1S/C28H25ClF2N4O3/c1-18-11-23(33-7-2-9-35-10-8-32-17-35)4-5-25(18)34-27(36)16-38-26-6-3-20(29)14-24(26)28(37)19-12-21(30)15-22(31)13-19/h3-6,8,10-15,17,33H,2,7,9,16H2,1H3,(H,34,36). The molecule has 1 aromatic heterocycles. The van der Waals surface area contributed by atoms with Crippen LogP contribution < -0.4 is 15.4 Å². The SMILES string of the molecule is Cc1cc(NCCCn2ccnc2)ccc1NC(=O)COc1ccc(Cl)cc1C(=O)c1cc(F)cc(F)c1. The Kier molecular flexibility index (Phi) is 8.70. The Morgan fingerprint density at radius 3 is 2.55 bits per heavy atom.